The molecule has 1 unspecified atom stereocenters. The standard InChI is InChI=1S/C15H25N5/c1-12-6-5-9-20(11-12)15(16)17-10-13-7-4-8-14(18-13)19(2)3/h4,7-8,12H,5-6,9-11H2,1-3H3,(H2,16,17). The minimum Gasteiger partial charge on any atom is -0.370 e. The molecule has 2 N–H and O–H groups in total. The van der Waals surface area contributed by atoms with Gasteiger partial charge in [-0.3, -0.25) is 0 Å². The Labute approximate surface area is 121 Å². The number of aliphatic imine (C=N–C) groups is 1. The molecular weight excluding hydrogens is 250 g/mol. The summed E-state index contributed by atoms with van der Waals surface area (Å²) in [5.41, 5.74) is 7.04. The maximum atomic E-state index is 6.09. The second-order valence-electron chi connectivity index (χ2n) is 5.75. The lowest BCUT2D eigenvalue weighted by atomic mass is 10.0. The normalized spacial score (nSPS) is 20.1. The number of hydrogen-bond acceptors (Lipinski definition) is 3. The van der Waals surface area contributed by atoms with Crippen molar-refractivity contribution in [2.45, 2.75) is 26.3 Å². The van der Waals surface area contributed by atoms with Gasteiger partial charge in [0, 0.05) is 27.2 Å². The summed E-state index contributed by atoms with van der Waals surface area (Å²) in [6, 6.07) is 5.98. The minimum atomic E-state index is 0.540. The summed E-state index contributed by atoms with van der Waals surface area (Å²) in [7, 11) is 3.97. The summed E-state index contributed by atoms with van der Waals surface area (Å²) in [4.78, 5) is 13.2. The van der Waals surface area contributed by atoms with E-state index in [0.717, 1.165) is 24.6 Å². The Morgan fingerprint density at radius 3 is 3.00 bits per heavy atom. The molecular formula is C15H25N5. The first-order valence-corrected chi connectivity index (χ1v) is 7.24. The average Bonchev–Trinajstić information content (AvgIpc) is 2.45. The lowest BCUT2D eigenvalue weighted by Gasteiger charge is -2.31. The first-order valence-electron chi connectivity index (χ1n) is 7.24. The van der Waals surface area contributed by atoms with Gasteiger partial charge in [0.05, 0.1) is 12.2 Å². The Balaban J connectivity index is 1.99. The van der Waals surface area contributed by atoms with E-state index in [9.17, 15) is 0 Å². The highest BCUT2D eigenvalue weighted by atomic mass is 15.3. The maximum absolute atomic E-state index is 6.09. The number of aromatic nitrogens is 1. The van der Waals surface area contributed by atoms with Crippen molar-refractivity contribution in [1.29, 1.82) is 0 Å². The third kappa shape index (κ3) is 3.85. The number of hydrogen-bond donors (Lipinski definition) is 1. The fraction of sp³-hybridized carbons (Fsp3) is 0.600. The fourth-order valence-corrected chi connectivity index (χ4v) is 2.46. The van der Waals surface area contributed by atoms with Crippen molar-refractivity contribution in [3.8, 4) is 0 Å². The van der Waals surface area contributed by atoms with Crippen LogP contribution in [0.2, 0.25) is 0 Å². The van der Waals surface area contributed by atoms with Gasteiger partial charge in [-0.1, -0.05) is 13.0 Å². The first-order chi connectivity index (χ1) is 9.56. The van der Waals surface area contributed by atoms with Crippen LogP contribution in [-0.4, -0.2) is 43.0 Å². The van der Waals surface area contributed by atoms with E-state index in [1.165, 1.54) is 12.8 Å². The summed E-state index contributed by atoms with van der Waals surface area (Å²) in [6.45, 7) is 4.84. The SMILES string of the molecule is CC1CCCN(C(N)=NCc2cccc(N(C)C)n2)C1. The van der Waals surface area contributed by atoms with Gasteiger partial charge in [0.2, 0.25) is 0 Å². The molecule has 0 saturated carbocycles. The third-order valence-corrected chi connectivity index (χ3v) is 3.63. The molecule has 2 heterocycles. The molecule has 0 spiro atoms. The van der Waals surface area contributed by atoms with Gasteiger partial charge in [0.15, 0.2) is 5.96 Å². The van der Waals surface area contributed by atoms with E-state index in [4.69, 9.17) is 5.73 Å². The van der Waals surface area contributed by atoms with Crippen LogP contribution in [0.15, 0.2) is 23.2 Å². The van der Waals surface area contributed by atoms with Crippen LogP contribution in [0.25, 0.3) is 0 Å². The molecule has 0 aliphatic carbocycles. The van der Waals surface area contributed by atoms with Crippen molar-refractivity contribution in [1.82, 2.24) is 9.88 Å². The number of likely N-dealkylation sites (tertiary alicyclic amines) is 1. The molecule has 5 heteroatoms. The third-order valence-electron chi connectivity index (χ3n) is 3.63. The van der Waals surface area contributed by atoms with E-state index in [0.29, 0.717) is 18.4 Å². The number of guanidine groups is 1. The van der Waals surface area contributed by atoms with Crippen LogP contribution < -0.4 is 10.6 Å². The maximum Gasteiger partial charge on any atom is 0.191 e. The fourth-order valence-electron chi connectivity index (χ4n) is 2.46. The van der Waals surface area contributed by atoms with Gasteiger partial charge in [-0.15, -0.1) is 0 Å². The zero-order valence-corrected chi connectivity index (χ0v) is 12.7. The van der Waals surface area contributed by atoms with Gasteiger partial charge in [-0.25, -0.2) is 9.98 Å². The van der Waals surface area contributed by atoms with E-state index in [2.05, 4.69) is 21.8 Å². The molecule has 1 saturated heterocycles. The zero-order valence-electron chi connectivity index (χ0n) is 12.7. The first kappa shape index (κ1) is 14.6. The Kier molecular flexibility index (Phi) is 4.82. The molecule has 0 radical (unpaired) electrons. The highest BCUT2D eigenvalue weighted by Crippen LogP contribution is 2.15. The number of piperidine rings is 1. The molecule has 2 rings (SSSR count). The van der Waals surface area contributed by atoms with Gasteiger partial charge < -0.3 is 15.5 Å². The van der Waals surface area contributed by atoms with Crippen LogP contribution in [-0.2, 0) is 6.54 Å². The molecule has 1 atom stereocenters. The van der Waals surface area contributed by atoms with E-state index in [1.807, 2.05) is 37.2 Å². The van der Waals surface area contributed by atoms with Crippen molar-refractivity contribution in [2.75, 3.05) is 32.1 Å². The molecule has 1 aliphatic rings. The Morgan fingerprint density at radius 1 is 1.50 bits per heavy atom. The van der Waals surface area contributed by atoms with Crippen molar-refractivity contribution < 1.29 is 0 Å². The second kappa shape index (κ2) is 6.59. The van der Waals surface area contributed by atoms with Crippen LogP contribution in [0, 0.1) is 5.92 Å². The van der Waals surface area contributed by atoms with Crippen molar-refractivity contribution in [3.05, 3.63) is 23.9 Å². The minimum absolute atomic E-state index is 0.540. The topological polar surface area (TPSA) is 57.8 Å². The summed E-state index contributed by atoms with van der Waals surface area (Å²) < 4.78 is 0. The molecule has 1 aliphatic heterocycles. The summed E-state index contributed by atoms with van der Waals surface area (Å²) in [5.74, 6) is 2.30. The molecule has 0 aromatic carbocycles. The van der Waals surface area contributed by atoms with Crippen LogP contribution >= 0.6 is 0 Å². The van der Waals surface area contributed by atoms with E-state index in [-0.39, 0.29) is 0 Å². The summed E-state index contributed by atoms with van der Waals surface area (Å²) in [6.07, 6.45) is 2.49. The molecule has 1 aromatic heterocycles. The monoisotopic (exact) mass is 275 g/mol. The number of nitrogens with zero attached hydrogens (tertiary/aromatic N) is 4. The second-order valence-corrected chi connectivity index (χ2v) is 5.75. The number of rotatable bonds is 3. The quantitative estimate of drug-likeness (QED) is 0.674. The Hall–Kier alpha value is -1.78. The van der Waals surface area contributed by atoms with Crippen molar-refractivity contribution in [3.63, 3.8) is 0 Å². The Morgan fingerprint density at radius 2 is 2.30 bits per heavy atom. The lowest BCUT2D eigenvalue weighted by Crippen LogP contribution is -2.43. The van der Waals surface area contributed by atoms with Gasteiger partial charge >= 0.3 is 0 Å². The van der Waals surface area contributed by atoms with E-state index >= 15 is 0 Å². The molecule has 0 amide bonds. The van der Waals surface area contributed by atoms with E-state index in [1.54, 1.807) is 0 Å². The molecule has 1 fully saturated rings. The average molecular weight is 275 g/mol. The zero-order chi connectivity index (χ0) is 14.5. The Bertz CT molecular complexity index is 469. The van der Waals surface area contributed by atoms with Crippen molar-refractivity contribution >= 4 is 11.8 Å². The summed E-state index contributed by atoms with van der Waals surface area (Å²) >= 11 is 0. The van der Waals surface area contributed by atoms with E-state index < -0.39 is 0 Å². The van der Waals surface area contributed by atoms with Gasteiger partial charge in [-0.05, 0) is 30.9 Å². The number of pyridine rings is 1. The van der Waals surface area contributed by atoms with Gasteiger partial charge in [0.25, 0.3) is 0 Å². The van der Waals surface area contributed by atoms with Crippen LogP contribution in [0.4, 0.5) is 5.82 Å². The molecule has 5 nitrogen and oxygen atoms in total. The largest absolute Gasteiger partial charge is 0.370 e. The van der Waals surface area contributed by atoms with Gasteiger partial charge in [-0.2, -0.15) is 0 Å². The molecule has 0 bridgehead atoms. The van der Waals surface area contributed by atoms with Crippen LogP contribution in [0.1, 0.15) is 25.5 Å². The van der Waals surface area contributed by atoms with Crippen molar-refractivity contribution in [2.24, 2.45) is 16.6 Å². The predicted molar refractivity (Wildman–Crippen MR) is 83.9 cm³/mol. The molecule has 110 valence electrons. The van der Waals surface area contributed by atoms with Crippen LogP contribution in [0.5, 0.6) is 0 Å². The lowest BCUT2D eigenvalue weighted by molar-refractivity contribution is 0.270. The van der Waals surface area contributed by atoms with Gasteiger partial charge in [0.1, 0.15) is 5.82 Å². The molecule has 1 aromatic rings. The van der Waals surface area contributed by atoms with Crippen LogP contribution in [0.3, 0.4) is 0 Å². The molecule has 20 heavy (non-hydrogen) atoms. The highest BCUT2D eigenvalue weighted by molar-refractivity contribution is 5.78. The smallest absolute Gasteiger partial charge is 0.191 e. The number of nitrogens with two attached hydrogens (primary N) is 1. The highest BCUT2D eigenvalue weighted by Gasteiger charge is 2.17. The number of anilines is 1. The summed E-state index contributed by atoms with van der Waals surface area (Å²) in [5, 5.41) is 0. The predicted octanol–water partition coefficient (Wildman–Crippen LogP) is 1.69.